The molecule has 2 aromatic rings. The molecule has 0 amide bonds. The minimum atomic E-state index is -0.687. The summed E-state index contributed by atoms with van der Waals surface area (Å²) >= 11 is 0. The first-order valence-electron chi connectivity index (χ1n) is 6.22. The molecule has 5 heteroatoms. The Hall–Kier alpha value is -3.08. The lowest BCUT2D eigenvalue weighted by Crippen LogP contribution is -2.26. The van der Waals surface area contributed by atoms with Gasteiger partial charge < -0.3 is 5.11 Å². The molecule has 3 rings (SSSR count). The standard InChI is InChI=1S/C16H10N2O3/c17-13(9-4-2-1-3-5-9)12-14(19)11-8-18-7-6-10(11)15(20)16(12)21/h1-8,17,21H. The summed E-state index contributed by atoms with van der Waals surface area (Å²) in [6.45, 7) is 0. The van der Waals surface area contributed by atoms with Gasteiger partial charge in [0.1, 0.15) is 0 Å². The summed E-state index contributed by atoms with van der Waals surface area (Å²) in [6.07, 6.45) is 2.66. The molecule has 0 aliphatic heterocycles. The molecule has 1 aliphatic carbocycles. The number of benzene rings is 1. The third-order valence-corrected chi connectivity index (χ3v) is 3.30. The second-order valence-electron chi connectivity index (χ2n) is 4.54. The molecule has 0 fully saturated rings. The number of nitrogens with zero attached hydrogens (tertiary/aromatic N) is 1. The first kappa shape index (κ1) is 12.9. The molecule has 0 radical (unpaired) electrons. The average Bonchev–Trinajstić information content (AvgIpc) is 2.53. The Kier molecular flexibility index (Phi) is 2.95. The van der Waals surface area contributed by atoms with Gasteiger partial charge in [-0.1, -0.05) is 30.3 Å². The maximum absolute atomic E-state index is 12.4. The van der Waals surface area contributed by atoms with E-state index in [1.807, 2.05) is 0 Å². The van der Waals surface area contributed by atoms with Gasteiger partial charge in [-0.2, -0.15) is 0 Å². The Bertz CT molecular complexity index is 807. The van der Waals surface area contributed by atoms with E-state index in [0.29, 0.717) is 5.56 Å². The molecule has 102 valence electrons. The second-order valence-corrected chi connectivity index (χ2v) is 4.54. The van der Waals surface area contributed by atoms with Crippen molar-refractivity contribution in [2.75, 3.05) is 0 Å². The van der Waals surface area contributed by atoms with E-state index in [0.717, 1.165) is 0 Å². The van der Waals surface area contributed by atoms with Crippen LogP contribution in [0.4, 0.5) is 0 Å². The number of carbonyl (C=O) groups excluding carboxylic acids is 2. The minimum Gasteiger partial charge on any atom is -0.504 e. The second kappa shape index (κ2) is 4.79. The number of hydrogen-bond donors (Lipinski definition) is 2. The number of rotatable bonds is 2. The zero-order valence-electron chi connectivity index (χ0n) is 10.8. The third-order valence-electron chi connectivity index (χ3n) is 3.30. The Labute approximate surface area is 120 Å². The van der Waals surface area contributed by atoms with Crippen LogP contribution in [0.2, 0.25) is 0 Å². The lowest BCUT2D eigenvalue weighted by atomic mass is 9.85. The maximum atomic E-state index is 12.4. The smallest absolute Gasteiger partial charge is 0.229 e. The molecule has 1 heterocycles. The van der Waals surface area contributed by atoms with E-state index in [9.17, 15) is 14.7 Å². The largest absolute Gasteiger partial charge is 0.504 e. The monoisotopic (exact) mass is 278 g/mol. The number of aliphatic hydroxyl groups excluding tert-OH is 1. The fourth-order valence-corrected chi connectivity index (χ4v) is 2.24. The van der Waals surface area contributed by atoms with Gasteiger partial charge in [-0.15, -0.1) is 0 Å². The molecule has 0 saturated heterocycles. The normalized spacial score (nSPS) is 14.1. The summed E-state index contributed by atoms with van der Waals surface area (Å²) in [4.78, 5) is 28.4. The molecule has 0 spiro atoms. The van der Waals surface area contributed by atoms with E-state index in [4.69, 9.17) is 5.41 Å². The summed E-state index contributed by atoms with van der Waals surface area (Å²) in [5.41, 5.74) is 0.202. The van der Waals surface area contributed by atoms with Gasteiger partial charge in [-0.3, -0.25) is 20.0 Å². The molecule has 0 atom stereocenters. The van der Waals surface area contributed by atoms with Crippen LogP contribution in [0, 0.1) is 5.41 Å². The van der Waals surface area contributed by atoms with Crippen molar-refractivity contribution < 1.29 is 14.7 Å². The topological polar surface area (TPSA) is 91.1 Å². The maximum Gasteiger partial charge on any atom is 0.229 e. The number of allylic oxidation sites excluding steroid dienone is 2. The van der Waals surface area contributed by atoms with Crippen LogP contribution in [0.25, 0.3) is 0 Å². The van der Waals surface area contributed by atoms with E-state index >= 15 is 0 Å². The van der Waals surface area contributed by atoms with E-state index in [2.05, 4.69) is 4.98 Å². The van der Waals surface area contributed by atoms with Gasteiger partial charge in [0.2, 0.25) is 11.6 Å². The number of hydrogen-bond acceptors (Lipinski definition) is 5. The Morgan fingerprint density at radius 2 is 1.71 bits per heavy atom. The predicted octanol–water partition coefficient (Wildman–Crippen LogP) is 2.34. The first-order chi connectivity index (χ1) is 10.1. The Morgan fingerprint density at radius 3 is 2.43 bits per heavy atom. The number of aliphatic hydroxyl groups is 1. The van der Waals surface area contributed by atoms with E-state index in [1.165, 1.54) is 18.5 Å². The summed E-state index contributed by atoms with van der Waals surface area (Å²) < 4.78 is 0. The number of Topliss-reactive ketones (excluding diaryl/α,β-unsaturated/α-hetero) is 2. The lowest BCUT2D eigenvalue weighted by molar-refractivity contribution is 0.0934. The summed E-state index contributed by atoms with van der Waals surface area (Å²) in [5.74, 6) is -1.92. The van der Waals surface area contributed by atoms with Crippen molar-refractivity contribution in [3.63, 3.8) is 0 Å². The quantitative estimate of drug-likeness (QED) is 0.825. The summed E-state index contributed by atoms with van der Waals surface area (Å²) in [6, 6.07) is 9.86. The third kappa shape index (κ3) is 1.95. The molecule has 5 nitrogen and oxygen atoms in total. The van der Waals surface area contributed by atoms with Gasteiger partial charge in [0.05, 0.1) is 16.8 Å². The summed E-state index contributed by atoms with van der Waals surface area (Å²) in [5, 5.41) is 18.1. The van der Waals surface area contributed by atoms with E-state index < -0.39 is 17.3 Å². The SMILES string of the molecule is N=C(C1=C(O)C(=O)c2ccncc2C1=O)c1ccccc1. The number of nitrogens with one attached hydrogen (secondary N) is 1. The fourth-order valence-electron chi connectivity index (χ4n) is 2.24. The Morgan fingerprint density at radius 1 is 1.00 bits per heavy atom. The van der Waals surface area contributed by atoms with Gasteiger partial charge in [-0.05, 0) is 6.07 Å². The highest BCUT2D eigenvalue weighted by Crippen LogP contribution is 2.26. The van der Waals surface area contributed by atoms with Crippen molar-refractivity contribution >= 4 is 17.3 Å². The Balaban J connectivity index is 2.16. The molecule has 0 bridgehead atoms. The van der Waals surface area contributed by atoms with Crippen molar-refractivity contribution in [2.24, 2.45) is 0 Å². The van der Waals surface area contributed by atoms with Gasteiger partial charge >= 0.3 is 0 Å². The van der Waals surface area contributed by atoms with Crippen LogP contribution in [-0.2, 0) is 0 Å². The highest BCUT2D eigenvalue weighted by Gasteiger charge is 2.34. The molecule has 1 aromatic heterocycles. The van der Waals surface area contributed by atoms with Crippen LogP contribution in [0.3, 0.4) is 0 Å². The van der Waals surface area contributed by atoms with E-state index in [1.54, 1.807) is 30.3 Å². The van der Waals surface area contributed by atoms with Crippen LogP contribution in [0.1, 0.15) is 26.3 Å². The predicted molar refractivity (Wildman–Crippen MR) is 75.8 cm³/mol. The lowest BCUT2D eigenvalue weighted by Gasteiger charge is -2.17. The van der Waals surface area contributed by atoms with Crippen LogP contribution in [0.5, 0.6) is 0 Å². The highest BCUT2D eigenvalue weighted by atomic mass is 16.3. The summed E-state index contributed by atoms with van der Waals surface area (Å²) in [7, 11) is 0. The number of aromatic nitrogens is 1. The number of pyridine rings is 1. The van der Waals surface area contributed by atoms with Gasteiger partial charge in [0.15, 0.2) is 5.76 Å². The zero-order valence-corrected chi connectivity index (χ0v) is 10.8. The average molecular weight is 278 g/mol. The van der Waals surface area contributed by atoms with E-state index in [-0.39, 0.29) is 22.4 Å². The molecule has 2 N–H and O–H groups in total. The van der Waals surface area contributed by atoms with Gasteiger partial charge in [0, 0.05) is 23.5 Å². The van der Waals surface area contributed by atoms with Crippen LogP contribution in [0.15, 0.2) is 60.1 Å². The molecule has 0 saturated carbocycles. The van der Waals surface area contributed by atoms with Crippen LogP contribution in [-0.4, -0.2) is 27.4 Å². The highest BCUT2D eigenvalue weighted by molar-refractivity contribution is 6.39. The van der Waals surface area contributed by atoms with Crippen LogP contribution >= 0.6 is 0 Å². The van der Waals surface area contributed by atoms with Crippen molar-refractivity contribution in [2.45, 2.75) is 0 Å². The van der Waals surface area contributed by atoms with Gasteiger partial charge in [-0.25, -0.2) is 0 Å². The molecule has 21 heavy (non-hydrogen) atoms. The molecular formula is C16H10N2O3. The molecule has 1 aliphatic rings. The van der Waals surface area contributed by atoms with Crippen molar-refractivity contribution in [1.29, 1.82) is 5.41 Å². The first-order valence-corrected chi connectivity index (χ1v) is 6.22. The number of fused-ring (bicyclic) bond motifs is 1. The van der Waals surface area contributed by atoms with Crippen molar-refractivity contribution in [3.05, 3.63) is 76.8 Å². The fraction of sp³-hybridized carbons (Fsp3) is 0. The molecule has 0 unspecified atom stereocenters. The van der Waals surface area contributed by atoms with Gasteiger partial charge in [0.25, 0.3) is 0 Å². The number of carbonyl (C=O) groups is 2. The van der Waals surface area contributed by atoms with Crippen LogP contribution < -0.4 is 0 Å². The number of ketones is 2. The molecular weight excluding hydrogens is 268 g/mol. The molecule has 1 aromatic carbocycles. The minimum absolute atomic E-state index is 0.107. The van der Waals surface area contributed by atoms with Crippen molar-refractivity contribution in [1.82, 2.24) is 4.98 Å². The van der Waals surface area contributed by atoms with Crippen molar-refractivity contribution in [3.8, 4) is 0 Å². The zero-order chi connectivity index (χ0) is 15.0.